The number of benzene rings is 2. The van der Waals surface area contributed by atoms with Crippen molar-refractivity contribution in [3.63, 3.8) is 0 Å². The fourth-order valence-electron chi connectivity index (χ4n) is 4.55. The molecule has 1 atom stereocenters. The number of fused-ring (bicyclic) bond motifs is 1. The molecule has 5 heteroatoms. The van der Waals surface area contributed by atoms with E-state index in [-0.39, 0.29) is 17.2 Å². The number of phenolic OH excluding ortho intramolecular Hbond substituents is 1. The van der Waals surface area contributed by atoms with Crippen LogP contribution in [0.2, 0.25) is 0 Å². The SMILES string of the molecule is O=c1c(-c2ccccc2)coc2c(CN3CCCC[C@H]3c3cccnc3)c(O)ccc12. The molecule has 31 heavy (non-hydrogen) atoms. The summed E-state index contributed by atoms with van der Waals surface area (Å²) >= 11 is 0. The number of hydrogen-bond donors (Lipinski definition) is 1. The van der Waals surface area contributed by atoms with Crippen LogP contribution in [0, 0.1) is 0 Å². The molecule has 5 nitrogen and oxygen atoms in total. The molecule has 3 heterocycles. The van der Waals surface area contributed by atoms with Gasteiger partial charge in [0.25, 0.3) is 0 Å². The van der Waals surface area contributed by atoms with E-state index in [1.54, 1.807) is 18.3 Å². The van der Waals surface area contributed by atoms with Crippen molar-refractivity contribution in [3.05, 3.63) is 94.6 Å². The lowest BCUT2D eigenvalue weighted by Crippen LogP contribution is -2.33. The van der Waals surface area contributed by atoms with E-state index in [9.17, 15) is 9.90 Å². The molecule has 0 aliphatic carbocycles. The van der Waals surface area contributed by atoms with Crippen molar-refractivity contribution in [1.82, 2.24) is 9.88 Å². The maximum Gasteiger partial charge on any atom is 0.200 e. The second-order valence-corrected chi connectivity index (χ2v) is 8.05. The van der Waals surface area contributed by atoms with E-state index in [0.717, 1.165) is 31.4 Å². The van der Waals surface area contributed by atoms with Crippen molar-refractivity contribution in [1.29, 1.82) is 0 Å². The molecule has 1 N–H and O–H groups in total. The van der Waals surface area contributed by atoms with Crippen molar-refractivity contribution in [2.45, 2.75) is 31.8 Å². The summed E-state index contributed by atoms with van der Waals surface area (Å²) in [5.41, 5.74) is 3.55. The number of likely N-dealkylation sites (tertiary alicyclic amines) is 1. The number of pyridine rings is 1. The average molecular weight is 412 g/mol. The van der Waals surface area contributed by atoms with Crippen LogP contribution in [0.3, 0.4) is 0 Å². The van der Waals surface area contributed by atoms with Gasteiger partial charge in [-0.05, 0) is 48.7 Å². The van der Waals surface area contributed by atoms with Gasteiger partial charge in [-0.25, -0.2) is 0 Å². The van der Waals surface area contributed by atoms with Crippen LogP contribution >= 0.6 is 0 Å². The molecule has 0 spiro atoms. The fraction of sp³-hybridized carbons (Fsp3) is 0.231. The van der Waals surface area contributed by atoms with Crippen molar-refractivity contribution in [2.24, 2.45) is 0 Å². The van der Waals surface area contributed by atoms with Crippen molar-refractivity contribution in [3.8, 4) is 16.9 Å². The molecule has 2 aromatic carbocycles. The Balaban J connectivity index is 1.56. The normalized spacial score (nSPS) is 17.1. The summed E-state index contributed by atoms with van der Waals surface area (Å²) in [6, 6.07) is 17.1. The highest BCUT2D eigenvalue weighted by molar-refractivity contribution is 5.85. The number of phenols is 1. The van der Waals surface area contributed by atoms with Gasteiger partial charge in [0.2, 0.25) is 5.43 Å². The maximum atomic E-state index is 13.2. The van der Waals surface area contributed by atoms with E-state index in [4.69, 9.17) is 4.42 Å². The Kier molecular flexibility index (Phi) is 5.26. The van der Waals surface area contributed by atoms with Crippen LogP contribution in [-0.4, -0.2) is 21.5 Å². The average Bonchev–Trinajstić information content (AvgIpc) is 2.82. The largest absolute Gasteiger partial charge is 0.507 e. The van der Waals surface area contributed by atoms with Gasteiger partial charge in [-0.1, -0.05) is 42.8 Å². The highest BCUT2D eigenvalue weighted by Gasteiger charge is 2.26. The Morgan fingerprint density at radius 3 is 2.74 bits per heavy atom. The Morgan fingerprint density at radius 1 is 1.06 bits per heavy atom. The Morgan fingerprint density at radius 2 is 1.94 bits per heavy atom. The predicted molar refractivity (Wildman–Crippen MR) is 121 cm³/mol. The van der Waals surface area contributed by atoms with E-state index < -0.39 is 0 Å². The minimum Gasteiger partial charge on any atom is -0.507 e. The Hall–Kier alpha value is -3.44. The predicted octanol–water partition coefficient (Wildman–Crippen LogP) is 5.29. The molecule has 5 rings (SSSR count). The van der Waals surface area contributed by atoms with E-state index in [2.05, 4.69) is 16.0 Å². The maximum absolute atomic E-state index is 13.2. The van der Waals surface area contributed by atoms with E-state index >= 15 is 0 Å². The number of piperidine rings is 1. The molecule has 0 radical (unpaired) electrons. The third-order valence-electron chi connectivity index (χ3n) is 6.15. The lowest BCUT2D eigenvalue weighted by molar-refractivity contribution is 0.139. The molecule has 156 valence electrons. The van der Waals surface area contributed by atoms with Gasteiger partial charge in [0.15, 0.2) is 0 Å². The number of aromatic hydroxyl groups is 1. The number of nitrogens with zero attached hydrogens (tertiary/aromatic N) is 2. The highest BCUT2D eigenvalue weighted by atomic mass is 16.3. The quantitative estimate of drug-likeness (QED) is 0.493. The first-order chi connectivity index (χ1) is 15.2. The van der Waals surface area contributed by atoms with Gasteiger partial charge >= 0.3 is 0 Å². The fourth-order valence-corrected chi connectivity index (χ4v) is 4.55. The van der Waals surface area contributed by atoms with Gasteiger partial charge in [-0.2, -0.15) is 0 Å². The zero-order valence-electron chi connectivity index (χ0n) is 17.2. The zero-order valence-corrected chi connectivity index (χ0v) is 17.2. The van der Waals surface area contributed by atoms with Crippen LogP contribution in [0.25, 0.3) is 22.1 Å². The summed E-state index contributed by atoms with van der Waals surface area (Å²) in [7, 11) is 0. The molecule has 0 amide bonds. The summed E-state index contributed by atoms with van der Waals surface area (Å²) in [5, 5.41) is 11.2. The third kappa shape index (κ3) is 3.73. The molecular formula is C26H24N2O3. The van der Waals surface area contributed by atoms with Crippen LogP contribution < -0.4 is 5.43 Å². The minimum absolute atomic E-state index is 0.0869. The smallest absolute Gasteiger partial charge is 0.200 e. The highest BCUT2D eigenvalue weighted by Crippen LogP contribution is 2.35. The van der Waals surface area contributed by atoms with Crippen LogP contribution in [0.1, 0.15) is 36.4 Å². The van der Waals surface area contributed by atoms with Crippen LogP contribution in [0.15, 0.2) is 82.5 Å². The second-order valence-electron chi connectivity index (χ2n) is 8.05. The molecule has 1 aliphatic heterocycles. The van der Waals surface area contributed by atoms with Crippen LogP contribution in [0.5, 0.6) is 5.75 Å². The van der Waals surface area contributed by atoms with Crippen molar-refractivity contribution in [2.75, 3.05) is 6.54 Å². The van der Waals surface area contributed by atoms with Gasteiger partial charge in [0.05, 0.1) is 16.5 Å². The van der Waals surface area contributed by atoms with Crippen LogP contribution in [-0.2, 0) is 6.54 Å². The van der Waals surface area contributed by atoms with Crippen molar-refractivity contribution >= 4 is 11.0 Å². The van der Waals surface area contributed by atoms with E-state index in [0.29, 0.717) is 28.6 Å². The van der Waals surface area contributed by atoms with Gasteiger partial charge < -0.3 is 9.52 Å². The van der Waals surface area contributed by atoms with Gasteiger partial charge in [0.1, 0.15) is 17.6 Å². The first-order valence-electron chi connectivity index (χ1n) is 10.7. The lowest BCUT2D eigenvalue weighted by Gasteiger charge is -2.36. The molecule has 0 bridgehead atoms. The van der Waals surface area contributed by atoms with Gasteiger partial charge in [-0.15, -0.1) is 0 Å². The Labute approximate surface area is 180 Å². The summed E-state index contributed by atoms with van der Waals surface area (Å²) in [6.45, 7) is 1.43. The monoisotopic (exact) mass is 412 g/mol. The third-order valence-corrected chi connectivity index (χ3v) is 6.15. The van der Waals surface area contributed by atoms with Gasteiger partial charge in [0, 0.05) is 25.0 Å². The molecule has 2 aromatic heterocycles. The van der Waals surface area contributed by atoms with E-state index in [1.165, 1.54) is 11.8 Å². The Bertz CT molecular complexity index is 1250. The molecule has 1 saturated heterocycles. The zero-order chi connectivity index (χ0) is 21.2. The standard InChI is InChI=1S/C26H24N2O3/c29-24-12-11-20-25(30)22(18-7-2-1-3-8-18)17-31-26(20)21(24)16-28-14-5-4-10-23(28)19-9-6-13-27-15-19/h1-3,6-9,11-13,15,17,23,29H,4-5,10,14,16H2/t23-/m0/s1. The molecule has 1 aliphatic rings. The molecular weight excluding hydrogens is 388 g/mol. The molecule has 0 saturated carbocycles. The van der Waals surface area contributed by atoms with Gasteiger partial charge in [-0.3, -0.25) is 14.7 Å². The summed E-state index contributed by atoms with van der Waals surface area (Å²) in [6.07, 6.45) is 8.51. The second kappa shape index (κ2) is 8.36. The minimum atomic E-state index is -0.0869. The summed E-state index contributed by atoms with van der Waals surface area (Å²) in [4.78, 5) is 19.8. The first-order valence-corrected chi connectivity index (χ1v) is 10.7. The van der Waals surface area contributed by atoms with E-state index in [1.807, 2.05) is 42.6 Å². The summed E-state index contributed by atoms with van der Waals surface area (Å²) < 4.78 is 5.97. The van der Waals surface area contributed by atoms with Crippen LogP contribution in [0.4, 0.5) is 0 Å². The topological polar surface area (TPSA) is 66.6 Å². The number of hydrogen-bond acceptors (Lipinski definition) is 5. The molecule has 4 aromatic rings. The first kappa shape index (κ1) is 19.5. The number of aromatic nitrogens is 1. The lowest BCUT2D eigenvalue weighted by atomic mass is 9.95. The number of rotatable bonds is 4. The summed E-state index contributed by atoms with van der Waals surface area (Å²) in [5.74, 6) is 0.152. The molecule has 1 fully saturated rings. The van der Waals surface area contributed by atoms with Crippen molar-refractivity contribution < 1.29 is 9.52 Å². The molecule has 0 unspecified atom stereocenters.